The molecule has 0 aromatic heterocycles. The van der Waals surface area contributed by atoms with Crippen LogP contribution < -0.4 is 4.74 Å². The molecule has 10 heteroatoms. The van der Waals surface area contributed by atoms with Crippen molar-refractivity contribution in [2.24, 2.45) is 0 Å². The Labute approximate surface area is 233 Å². The maximum absolute atomic E-state index is 14.9. The van der Waals surface area contributed by atoms with E-state index in [1.165, 1.54) is 12.1 Å². The van der Waals surface area contributed by atoms with E-state index < -0.39 is 69.3 Å². The summed E-state index contributed by atoms with van der Waals surface area (Å²) in [4.78, 5) is 0. The predicted octanol–water partition coefficient (Wildman–Crippen LogP) is 10.1. The van der Waals surface area contributed by atoms with E-state index in [1.54, 1.807) is 12.1 Å². The standard InChI is InChI=1S/C32H17F9O/c1-16-2-4-17(5-3-16)18-6-8-22(24(33)10-18)19-11-26(35)30(27(36)12-19)32(40,41)42-21-7-9-23(25(34)15-21)20-13-28(37)31(39)29(38)14-20/h2-15H,1H3. The minimum Gasteiger partial charge on any atom is -0.429 e. The third-order valence-electron chi connectivity index (χ3n) is 6.48. The smallest absolute Gasteiger partial charge is 0.429 e. The van der Waals surface area contributed by atoms with Gasteiger partial charge in [-0.2, -0.15) is 8.78 Å². The van der Waals surface area contributed by atoms with Crippen LogP contribution in [0.25, 0.3) is 33.4 Å². The molecule has 0 spiro atoms. The van der Waals surface area contributed by atoms with Gasteiger partial charge in [-0.05, 0) is 71.6 Å². The number of benzene rings is 5. The number of ether oxygens (including phenoxy) is 1. The molecule has 0 unspecified atom stereocenters. The number of hydrogen-bond acceptors (Lipinski definition) is 1. The summed E-state index contributed by atoms with van der Waals surface area (Å²) in [5.41, 5.74) is -1.16. The van der Waals surface area contributed by atoms with Crippen LogP contribution in [0.3, 0.4) is 0 Å². The predicted molar refractivity (Wildman–Crippen MR) is 138 cm³/mol. The molecule has 0 aliphatic carbocycles. The van der Waals surface area contributed by atoms with Gasteiger partial charge in [-0.15, -0.1) is 0 Å². The van der Waals surface area contributed by atoms with Gasteiger partial charge in [0.2, 0.25) is 0 Å². The monoisotopic (exact) mass is 588 g/mol. The lowest BCUT2D eigenvalue weighted by Crippen LogP contribution is -2.25. The lowest BCUT2D eigenvalue weighted by molar-refractivity contribution is -0.189. The van der Waals surface area contributed by atoms with Crippen LogP contribution in [-0.4, -0.2) is 0 Å². The molecule has 42 heavy (non-hydrogen) atoms. The summed E-state index contributed by atoms with van der Waals surface area (Å²) in [7, 11) is 0. The van der Waals surface area contributed by atoms with Gasteiger partial charge in [0, 0.05) is 17.2 Å². The van der Waals surface area contributed by atoms with Gasteiger partial charge in [-0.3, -0.25) is 0 Å². The fourth-order valence-electron chi connectivity index (χ4n) is 4.38. The summed E-state index contributed by atoms with van der Waals surface area (Å²) in [6, 6.07) is 15.1. The zero-order chi connectivity index (χ0) is 30.3. The minimum atomic E-state index is -4.66. The number of alkyl halides is 2. The van der Waals surface area contributed by atoms with Crippen molar-refractivity contribution in [3.8, 4) is 39.1 Å². The largest absolute Gasteiger partial charge is 0.432 e. The number of halogens is 9. The summed E-state index contributed by atoms with van der Waals surface area (Å²) in [6.45, 7) is 1.88. The molecule has 214 valence electrons. The van der Waals surface area contributed by atoms with Gasteiger partial charge >= 0.3 is 6.11 Å². The van der Waals surface area contributed by atoms with E-state index in [1.807, 2.05) is 19.1 Å². The number of hydrogen-bond donors (Lipinski definition) is 0. The van der Waals surface area contributed by atoms with Gasteiger partial charge in [0.15, 0.2) is 17.5 Å². The summed E-state index contributed by atoms with van der Waals surface area (Å²) in [5.74, 6) is -11.5. The van der Waals surface area contributed by atoms with E-state index in [4.69, 9.17) is 0 Å². The van der Waals surface area contributed by atoms with E-state index in [0.29, 0.717) is 41.5 Å². The van der Waals surface area contributed by atoms with Gasteiger partial charge < -0.3 is 4.74 Å². The zero-order valence-corrected chi connectivity index (χ0v) is 21.4. The van der Waals surface area contributed by atoms with Crippen molar-refractivity contribution in [1.29, 1.82) is 0 Å². The van der Waals surface area contributed by atoms with Gasteiger partial charge in [0.05, 0.1) is 0 Å². The SMILES string of the molecule is Cc1ccc(-c2ccc(-c3cc(F)c(C(F)(F)Oc4ccc(-c5cc(F)c(F)c(F)c5)c(F)c4)c(F)c3)c(F)c2)cc1. The first-order valence-electron chi connectivity index (χ1n) is 12.2. The maximum Gasteiger partial charge on any atom is 0.432 e. The minimum absolute atomic E-state index is 0.245. The van der Waals surface area contributed by atoms with Gasteiger partial charge in [-0.1, -0.05) is 42.0 Å². The fourth-order valence-corrected chi connectivity index (χ4v) is 4.38. The lowest BCUT2D eigenvalue weighted by atomic mass is 9.98. The Kier molecular flexibility index (Phi) is 7.49. The van der Waals surface area contributed by atoms with Crippen molar-refractivity contribution < 1.29 is 44.3 Å². The second kappa shape index (κ2) is 10.9. The molecule has 0 aliphatic rings. The molecule has 0 fully saturated rings. The molecule has 0 bridgehead atoms. The molecule has 0 amide bonds. The van der Waals surface area contributed by atoms with Crippen LogP contribution in [0.4, 0.5) is 39.5 Å². The Morgan fingerprint density at radius 1 is 0.476 bits per heavy atom. The van der Waals surface area contributed by atoms with Crippen LogP contribution in [0.2, 0.25) is 0 Å². The van der Waals surface area contributed by atoms with Crippen LogP contribution in [0.15, 0.2) is 84.9 Å². The first kappa shape index (κ1) is 28.8. The van der Waals surface area contributed by atoms with E-state index in [9.17, 15) is 39.5 Å². The van der Waals surface area contributed by atoms with E-state index in [0.717, 1.165) is 23.8 Å². The molecule has 0 aliphatic heterocycles. The van der Waals surface area contributed by atoms with E-state index >= 15 is 0 Å². The Hall–Kier alpha value is -4.73. The summed E-state index contributed by atoms with van der Waals surface area (Å²) in [6.07, 6.45) is -4.66. The highest BCUT2D eigenvalue weighted by molar-refractivity contribution is 5.71. The van der Waals surface area contributed by atoms with Gasteiger partial charge in [-0.25, -0.2) is 30.7 Å². The molecule has 5 aromatic rings. The number of rotatable bonds is 6. The fraction of sp³-hybridized carbons (Fsp3) is 0.0625. The van der Waals surface area contributed by atoms with Crippen molar-refractivity contribution in [1.82, 2.24) is 0 Å². The Balaban J connectivity index is 1.42. The molecule has 0 heterocycles. The number of aryl methyl sites for hydroxylation is 1. The van der Waals surface area contributed by atoms with Crippen LogP contribution in [0.1, 0.15) is 11.1 Å². The molecular formula is C32H17F9O. The summed E-state index contributed by atoms with van der Waals surface area (Å²) in [5, 5.41) is 0. The maximum atomic E-state index is 14.9. The van der Waals surface area contributed by atoms with Crippen molar-refractivity contribution in [3.63, 3.8) is 0 Å². The highest BCUT2D eigenvalue weighted by Gasteiger charge is 2.41. The Morgan fingerprint density at radius 3 is 1.45 bits per heavy atom. The van der Waals surface area contributed by atoms with Crippen molar-refractivity contribution >= 4 is 0 Å². The second-order valence-electron chi connectivity index (χ2n) is 9.39. The topological polar surface area (TPSA) is 9.23 Å². The van der Waals surface area contributed by atoms with Crippen LogP contribution >= 0.6 is 0 Å². The molecule has 5 aromatic carbocycles. The molecule has 0 N–H and O–H groups in total. The van der Waals surface area contributed by atoms with Gasteiger partial charge in [0.1, 0.15) is 34.6 Å². The van der Waals surface area contributed by atoms with Crippen LogP contribution in [0, 0.1) is 47.6 Å². The Bertz CT molecular complexity index is 1770. The first-order valence-corrected chi connectivity index (χ1v) is 12.2. The van der Waals surface area contributed by atoms with Gasteiger partial charge in [0.25, 0.3) is 0 Å². The van der Waals surface area contributed by atoms with E-state index in [2.05, 4.69) is 4.74 Å². The molecule has 0 atom stereocenters. The van der Waals surface area contributed by atoms with E-state index in [-0.39, 0.29) is 11.1 Å². The quantitative estimate of drug-likeness (QED) is 0.142. The highest BCUT2D eigenvalue weighted by Crippen LogP contribution is 2.39. The van der Waals surface area contributed by atoms with Crippen molar-refractivity contribution in [2.75, 3.05) is 0 Å². The second-order valence-corrected chi connectivity index (χ2v) is 9.39. The Morgan fingerprint density at radius 2 is 0.929 bits per heavy atom. The molecular weight excluding hydrogens is 571 g/mol. The molecule has 1 nitrogen and oxygen atoms in total. The average Bonchev–Trinajstić information content (AvgIpc) is 2.91. The zero-order valence-electron chi connectivity index (χ0n) is 21.4. The molecule has 0 radical (unpaired) electrons. The average molecular weight is 588 g/mol. The molecule has 5 rings (SSSR count). The van der Waals surface area contributed by atoms with Crippen molar-refractivity contribution in [3.05, 3.63) is 137 Å². The lowest BCUT2D eigenvalue weighted by Gasteiger charge is -2.20. The summed E-state index contributed by atoms with van der Waals surface area (Å²) >= 11 is 0. The third-order valence-corrected chi connectivity index (χ3v) is 6.48. The first-order chi connectivity index (χ1) is 19.8. The summed E-state index contributed by atoms with van der Waals surface area (Å²) < 4.78 is 134. The van der Waals surface area contributed by atoms with Crippen molar-refractivity contribution in [2.45, 2.75) is 13.0 Å². The highest BCUT2D eigenvalue weighted by atomic mass is 19.3. The molecule has 0 saturated heterocycles. The van der Waals surface area contributed by atoms with Crippen LogP contribution in [-0.2, 0) is 6.11 Å². The van der Waals surface area contributed by atoms with Crippen LogP contribution in [0.5, 0.6) is 5.75 Å². The molecule has 0 saturated carbocycles. The third kappa shape index (κ3) is 5.57. The normalized spacial score (nSPS) is 11.6.